The third-order valence-corrected chi connectivity index (χ3v) is 3.27. The molecule has 0 atom stereocenters. The van der Waals surface area contributed by atoms with E-state index in [0.717, 1.165) is 12.1 Å². The Morgan fingerprint density at radius 2 is 1.71 bits per heavy atom. The third-order valence-electron chi connectivity index (χ3n) is 2.75. The Morgan fingerprint density at radius 1 is 1.10 bits per heavy atom. The zero-order valence-corrected chi connectivity index (χ0v) is 12.1. The maximum Gasteiger partial charge on any atom is 0.416 e. The first-order valence-corrected chi connectivity index (χ1v) is 6.60. The highest BCUT2D eigenvalue weighted by atomic mass is 35.5. The van der Waals surface area contributed by atoms with E-state index in [-0.39, 0.29) is 4.99 Å². The number of nitrogens with two attached hydrogens (primary N) is 1. The molecule has 2 aromatic rings. The summed E-state index contributed by atoms with van der Waals surface area (Å²) in [5.74, 6) is 0. The number of nitrogens with one attached hydrogen (secondary N) is 1. The molecule has 0 saturated carbocycles. The molecule has 0 aliphatic heterocycles. The largest absolute Gasteiger partial charge is 0.416 e. The van der Waals surface area contributed by atoms with Crippen LogP contribution in [0.15, 0.2) is 42.5 Å². The quantitative estimate of drug-likeness (QED) is 0.798. The summed E-state index contributed by atoms with van der Waals surface area (Å²) in [7, 11) is 0. The van der Waals surface area contributed by atoms with Gasteiger partial charge in [-0.1, -0.05) is 29.9 Å². The highest BCUT2D eigenvalue weighted by Crippen LogP contribution is 2.31. The maximum atomic E-state index is 12.5. The molecule has 0 saturated heterocycles. The number of halogens is 4. The van der Waals surface area contributed by atoms with Crippen molar-refractivity contribution in [1.29, 1.82) is 0 Å². The highest BCUT2D eigenvalue weighted by molar-refractivity contribution is 7.80. The minimum absolute atomic E-state index is 0.106. The Hall–Kier alpha value is -1.79. The van der Waals surface area contributed by atoms with Gasteiger partial charge in [0.15, 0.2) is 0 Å². The standard InChI is InChI=1S/C14H10ClF3N2S/c15-10-2-1-3-11(12(10)13(19)21)20-9-6-4-8(5-7-9)14(16,17)18/h1-7,20H,(H2,19,21). The van der Waals surface area contributed by atoms with Crippen LogP contribution >= 0.6 is 23.8 Å². The summed E-state index contributed by atoms with van der Waals surface area (Å²) in [5, 5.41) is 3.33. The molecule has 0 unspecified atom stereocenters. The zero-order valence-electron chi connectivity index (χ0n) is 10.5. The Bertz CT molecular complexity index is 669. The zero-order chi connectivity index (χ0) is 15.6. The van der Waals surface area contributed by atoms with Crippen LogP contribution in [0.1, 0.15) is 11.1 Å². The van der Waals surface area contributed by atoms with Gasteiger partial charge in [-0.25, -0.2) is 0 Å². The molecule has 0 aliphatic rings. The molecule has 0 bridgehead atoms. The number of rotatable bonds is 3. The molecule has 110 valence electrons. The molecule has 0 spiro atoms. The smallest absolute Gasteiger partial charge is 0.389 e. The van der Waals surface area contributed by atoms with Crippen LogP contribution in [-0.4, -0.2) is 4.99 Å². The van der Waals surface area contributed by atoms with E-state index in [0.29, 0.717) is 22.0 Å². The minimum atomic E-state index is -4.36. The molecular weight excluding hydrogens is 321 g/mol. The van der Waals surface area contributed by atoms with E-state index in [9.17, 15) is 13.2 Å². The van der Waals surface area contributed by atoms with Crippen LogP contribution < -0.4 is 11.1 Å². The lowest BCUT2D eigenvalue weighted by atomic mass is 10.1. The van der Waals surface area contributed by atoms with Crippen molar-refractivity contribution >= 4 is 40.2 Å². The van der Waals surface area contributed by atoms with Gasteiger partial charge in [0.25, 0.3) is 0 Å². The van der Waals surface area contributed by atoms with E-state index in [1.165, 1.54) is 12.1 Å². The minimum Gasteiger partial charge on any atom is -0.389 e. The molecule has 0 fully saturated rings. The van der Waals surface area contributed by atoms with Gasteiger partial charge in [-0.2, -0.15) is 13.2 Å². The summed E-state index contributed by atoms with van der Waals surface area (Å²) in [6, 6.07) is 9.66. The van der Waals surface area contributed by atoms with Gasteiger partial charge in [-0.05, 0) is 36.4 Å². The monoisotopic (exact) mass is 330 g/mol. The van der Waals surface area contributed by atoms with Gasteiger partial charge in [0, 0.05) is 5.69 Å². The predicted molar refractivity (Wildman–Crippen MR) is 82.1 cm³/mol. The lowest BCUT2D eigenvalue weighted by molar-refractivity contribution is -0.137. The first-order valence-electron chi connectivity index (χ1n) is 5.81. The van der Waals surface area contributed by atoms with Crippen molar-refractivity contribution in [2.24, 2.45) is 5.73 Å². The van der Waals surface area contributed by atoms with Gasteiger partial charge in [0.1, 0.15) is 4.99 Å². The van der Waals surface area contributed by atoms with Crippen molar-refractivity contribution in [2.75, 3.05) is 5.32 Å². The van der Waals surface area contributed by atoms with E-state index in [1.807, 2.05) is 0 Å². The molecule has 2 nitrogen and oxygen atoms in total. The third kappa shape index (κ3) is 3.65. The van der Waals surface area contributed by atoms with Crippen molar-refractivity contribution in [3.8, 4) is 0 Å². The van der Waals surface area contributed by atoms with Crippen LogP contribution in [-0.2, 0) is 6.18 Å². The fourth-order valence-electron chi connectivity index (χ4n) is 1.78. The average molecular weight is 331 g/mol. The topological polar surface area (TPSA) is 38.0 Å². The summed E-state index contributed by atoms with van der Waals surface area (Å²) in [4.78, 5) is 0.106. The molecule has 0 aliphatic carbocycles. The summed E-state index contributed by atoms with van der Waals surface area (Å²) in [6.07, 6.45) is -4.36. The number of benzene rings is 2. The second-order valence-corrected chi connectivity index (χ2v) is 5.07. The van der Waals surface area contributed by atoms with Gasteiger partial charge in [-0.3, -0.25) is 0 Å². The number of anilines is 2. The van der Waals surface area contributed by atoms with Gasteiger partial charge >= 0.3 is 6.18 Å². The van der Waals surface area contributed by atoms with Gasteiger partial charge < -0.3 is 11.1 Å². The second-order valence-electron chi connectivity index (χ2n) is 4.23. The fourth-order valence-corrected chi connectivity index (χ4v) is 2.33. The molecule has 0 amide bonds. The van der Waals surface area contributed by atoms with Crippen LogP contribution in [0.5, 0.6) is 0 Å². The van der Waals surface area contributed by atoms with Gasteiger partial charge in [0.2, 0.25) is 0 Å². The maximum absolute atomic E-state index is 12.5. The molecule has 7 heteroatoms. The number of hydrogen-bond donors (Lipinski definition) is 2. The molecule has 2 rings (SSSR count). The molecule has 0 radical (unpaired) electrons. The van der Waals surface area contributed by atoms with Gasteiger partial charge in [-0.15, -0.1) is 0 Å². The van der Waals surface area contributed by atoms with Crippen LogP contribution in [0.3, 0.4) is 0 Å². The van der Waals surface area contributed by atoms with Crippen molar-refractivity contribution in [1.82, 2.24) is 0 Å². The van der Waals surface area contributed by atoms with Crippen LogP contribution in [0.4, 0.5) is 24.5 Å². The predicted octanol–water partition coefficient (Wildman–Crippen LogP) is 4.74. The molecule has 0 aromatic heterocycles. The average Bonchev–Trinajstić information content (AvgIpc) is 2.38. The highest BCUT2D eigenvalue weighted by Gasteiger charge is 2.29. The first-order chi connectivity index (χ1) is 9.79. The van der Waals surface area contributed by atoms with E-state index in [4.69, 9.17) is 29.6 Å². The van der Waals surface area contributed by atoms with Crippen molar-refractivity contribution in [3.05, 3.63) is 58.6 Å². The lowest BCUT2D eigenvalue weighted by Crippen LogP contribution is -2.12. The Kier molecular flexibility index (Phi) is 4.39. The number of hydrogen-bond acceptors (Lipinski definition) is 2. The van der Waals surface area contributed by atoms with E-state index < -0.39 is 11.7 Å². The molecular formula is C14H10ClF3N2S. The van der Waals surface area contributed by atoms with Crippen LogP contribution in [0, 0.1) is 0 Å². The second kappa shape index (κ2) is 5.91. The molecule has 21 heavy (non-hydrogen) atoms. The van der Waals surface area contributed by atoms with Crippen molar-refractivity contribution in [2.45, 2.75) is 6.18 Å². The first kappa shape index (κ1) is 15.6. The molecule has 2 aromatic carbocycles. The Balaban J connectivity index is 2.31. The van der Waals surface area contributed by atoms with Crippen LogP contribution in [0.2, 0.25) is 5.02 Å². The molecule has 3 N–H and O–H groups in total. The summed E-state index contributed by atoms with van der Waals surface area (Å²) in [5.41, 5.74) is 6.36. The Labute approximate surface area is 129 Å². The lowest BCUT2D eigenvalue weighted by Gasteiger charge is -2.13. The number of alkyl halides is 3. The number of thiocarbonyl (C=S) groups is 1. The van der Waals surface area contributed by atoms with Gasteiger partial charge in [0.05, 0.1) is 21.8 Å². The summed E-state index contributed by atoms with van der Waals surface area (Å²) >= 11 is 10.9. The summed E-state index contributed by atoms with van der Waals surface area (Å²) in [6.45, 7) is 0. The van der Waals surface area contributed by atoms with Crippen LogP contribution in [0.25, 0.3) is 0 Å². The summed E-state index contributed by atoms with van der Waals surface area (Å²) < 4.78 is 37.5. The fraction of sp³-hybridized carbons (Fsp3) is 0.0714. The molecule has 0 heterocycles. The van der Waals surface area contributed by atoms with Crippen molar-refractivity contribution < 1.29 is 13.2 Å². The van der Waals surface area contributed by atoms with E-state index in [2.05, 4.69) is 5.32 Å². The SMILES string of the molecule is NC(=S)c1c(Cl)cccc1Nc1ccc(C(F)(F)F)cc1. The van der Waals surface area contributed by atoms with E-state index in [1.54, 1.807) is 18.2 Å². The normalized spacial score (nSPS) is 11.2. The van der Waals surface area contributed by atoms with Crippen molar-refractivity contribution in [3.63, 3.8) is 0 Å². The van der Waals surface area contributed by atoms with E-state index >= 15 is 0 Å². The Morgan fingerprint density at radius 3 is 2.24 bits per heavy atom.